The van der Waals surface area contributed by atoms with Gasteiger partial charge in [-0.25, -0.2) is 9.79 Å². The molecule has 1 aliphatic heterocycles. The molecule has 34 heavy (non-hydrogen) atoms. The monoisotopic (exact) mass is 470 g/mol. The normalized spacial score (nSPS) is 13.9. The van der Waals surface area contributed by atoms with Gasteiger partial charge in [-0.15, -0.1) is 11.3 Å². The molecule has 4 aromatic rings. The number of carbonyl (C=O) groups is 1. The highest BCUT2D eigenvalue weighted by atomic mass is 32.1. The second-order valence-electron chi connectivity index (χ2n) is 8.33. The first-order valence-corrected chi connectivity index (χ1v) is 12.3. The summed E-state index contributed by atoms with van der Waals surface area (Å²) in [6, 6.07) is 21.9. The third-order valence-corrected chi connectivity index (χ3v) is 7.23. The fraction of sp³-hybridized carbons (Fsp3) is 0.214. The molecule has 6 heteroatoms. The van der Waals surface area contributed by atoms with Gasteiger partial charge in [-0.05, 0) is 41.3 Å². The first-order chi connectivity index (χ1) is 16.6. The number of aliphatic imine (C=N–C) groups is 1. The van der Waals surface area contributed by atoms with Crippen LogP contribution >= 0.6 is 11.3 Å². The number of rotatable bonds is 6. The molecule has 1 aliphatic rings. The van der Waals surface area contributed by atoms with Crippen molar-refractivity contribution in [2.45, 2.75) is 26.4 Å². The average Bonchev–Trinajstić information content (AvgIpc) is 3.22. The predicted octanol–water partition coefficient (Wildman–Crippen LogP) is 6.09. The number of benzene rings is 3. The highest BCUT2D eigenvalue weighted by Crippen LogP contribution is 2.40. The lowest BCUT2D eigenvalue weighted by Crippen LogP contribution is -2.29. The van der Waals surface area contributed by atoms with E-state index in [1.165, 1.54) is 16.9 Å². The molecule has 172 valence electrons. The van der Waals surface area contributed by atoms with Crippen molar-refractivity contribution >= 4 is 39.3 Å². The van der Waals surface area contributed by atoms with Gasteiger partial charge in [0.1, 0.15) is 10.8 Å². The summed E-state index contributed by atoms with van der Waals surface area (Å²) < 4.78 is 5.39. The van der Waals surface area contributed by atoms with Crippen LogP contribution in [0, 0.1) is 0 Å². The Labute approximate surface area is 203 Å². The molecule has 0 unspecified atom stereocenters. The van der Waals surface area contributed by atoms with Crippen molar-refractivity contribution in [3.05, 3.63) is 93.9 Å². The van der Waals surface area contributed by atoms with Crippen molar-refractivity contribution in [1.82, 2.24) is 4.90 Å². The lowest BCUT2D eigenvalue weighted by Gasteiger charge is -2.27. The fourth-order valence-corrected chi connectivity index (χ4v) is 5.69. The topological polar surface area (TPSA) is 62.1 Å². The van der Waals surface area contributed by atoms with Gasteiger partial charge in [-0.3, -0.25) is 4.90 Å². The Hall–Kier alpha value is -3.48. The summed E-state index contributed by atoms with van der Waals surface area (Å²) in [5.74, 6) is -0.165. The van der Waals surface area contributed by atoms with E-state index >= 15 is 0 Å². The second kappa shape index (κ2) is 9.79. The Morgan fingerprint density at radius 3 is 2.74 bits per heavy atom. The number of aromatic hydroxyl groups is 1. The van der Waals surface area contributed by atoms with Crippen LogP contribution < -0.4 is 0 Å². The zero-order valence-electron chi connectivity index (χ0n) is 19.0. The Kier molecular flexibility index (Phi) is 6.43. The van der Waals surface area contributed by atoms with Crippen LogP contribution in [0.4, 0.5) is 5.00 Å². The van der Waals surface area contributed by atoms with Crippen molar-refractivity contribution in [1.29, 1.82) is 0 Å². The van der Waals surface area contributed by atoms with Crippen LogP contribution in [-0.2, 0) is 24.2 Å². The lowest BCUT2D eigenvalue weighted by molar-refractivity contribution is 0.0526. The molecule has 1 N–H and O–H groups in total. The Morgan fingerprint density at radius 1 is 1.12 bits per heavy atom. The molecule has 0 aliphatic carbocycles. The van der Waals surface area contributed by atoms with Crippen molar-refractivity contribution in [2.24, 2.45) is 4.99 Å². The molecule has 0 radical (unpaired) electrons. The maximum atomic E-state index is 12.9. The Balaban J connectivity index is 1.50. The molecular weight excluding hydrogens is 444 g/mol. The van der Waals surface area contributed by atoms with Crippen molar-refractivity contribution in [3.63, 3.8) is 0 Å². The van der Waals surface area contributed by atoms with E-state index in [2.05, 4.69) is 29.2 Å². The number of esters is 1. The van der Waals surface area contributed by atoms with E-state index in [0.29, 0.717) is 22.7 Å². The van der Waals surface area contributed by atoms with Crippen LogP contribution in [-0.4, -0.2) is 35.3 Å². The van der Waals surface area contributed by atoms with Gasteiger partial charge in [0.25, 0.3) is 0 Å². The third kappa shape index (κ3) is 4.47. The summed E-state index contributed by atoms with van der Waals surface area (Å²) in [5, 5.41) is 13.1. The van der Waals surface area contributed by atoms with E-state index in [-0.39, 0.29) is 11.7 Å². The fourth-order valence-electron chi connectivity index (χ4n) is 4.47. The summed E-state index contributed by atoms with van der Waals surface area (Å²) in [6.45, 7) is 4.65. The molecule has 5 nitrogen and oxygen atoms in total. The average molecular weight is 471 g/mol. The van der Waals surface area contributed by atoms with Gasteiger partial charge in [0.2, 0.25) is 0 Å². The molecular formula is C28H26N2O3S. The van der Waals surface area contributed by atoms with Crippen LogP contribution in [0.5, 0.6) is 5.75 Å². The summed E-state index contributed by atoms with van der Waals surface area (Å²) in [4.78, 5) is 21.2. The van der Waals surface area contributed by atoms with Crippen molar-refractivity contribution < 1.29 is 14.6 Å². The number of fused-ring (bicyclic) bond motifs is 2. The summed E-state index contributed by atoms with van der Waals surface area (Å²) in [7, 11) is 0. The molecule has 5 rings (SSSR count). The Morgan fingerprint density at radius 2 is 1.91 bits per heavy atom. The van der Waals surface area contributed by atoms with E-state index < -0.39 is 0 Å². The van der Waals surface area contributed by atoms with Gasteiger partial charge >= 0.3 is 5.97 Å². The summed E-state index contributed by atoms with van der Waals surface area (Å²) in [6.07, 6.45) is 2.45. The molecule has 0 fully saturated rings. The lowest BCUT2D eigenvalue weighted by atomic mass is 10.0. The van der Waals surface area contributed by atoms with Gasteiger partial charge in [0.05, 0.1) is 12.2 Å². The number of phenols is 1. The molecule has 0 amide bonds. The molecule has 0 bridgehead atoms. The van der Waals surface area contributed by atoms with E-state index in [0.717, 1.165) is 47.3 Å². The molecule has 0 saturated carbocycles. The second-order valence-corrected chi connectivity index (χ2v) is 9.41. The van der Waals surface area contributed by atoms with Crippen LogP contribution in [0.25, 0.3) is 10.8 Å². The molecule has 3 aromatic carbocycles. The number of hydrogen-bond acceptors (Lipinski definition) is 6. The minimum atomic E-state index is -0.328. The number of carbonyl (C=O) groups excluding carboxylic acids is 1. The number of nitrogens with zero attached hydrogens (tertiary/aromatic N) is 2. The largest absolute Gasteiger partial charge is 0.507 e. The maximum Gasteiger partial charge on any atom is 0.341 e. The number of ether oxygens (including phenoxy) is 1. The maximum absolute atomic E-state index is 12.9. The zero-order valence-corrected chi connectivity index (χ0v) is 19.8. The third-order valence-electron chi connectivity index (χ3n) is 6.10. The first-order valence-electron chi connectivity index (χ1n) is 11.5. The zero-order chi connectivity index (χ0) is 23.5. The quantitative estimate of drug-likeness (QED) is 0.274. The van der Waals surface area contributed by atoms with Gasteiger partial charge in [-0.2, -0.15) is 0 Å². The van der Waals surface area contributed by atoms with E-state index in [4.69, 9.17) is 9.73 Å². The molecule has 0 saturated heterocycles. The number of phenolic OH excluding ortho intramolecular Hbond substituents is 1. The van der Waals surface area contributed by atoms with Gasteiger partial charge < -0.3 is 9.84 Å². The molecule has 0 spiro atoms. The Bertz CT molecular complexity index is 1360. The van der Waals surface area contributed by atoms with E-state index in [1.807, 2.05) is 43.3 Å². The van der Waals surface area contributed by atoms with Gasteiger partial charge in [0, 0.05) is 36.3 Å². The van der Waals surface area contributed by atoms with E-state index in [1.54, 1.807) is 12.3 Å². The van der Waals surface area contributed by atoms with Gasteiger partial charge in [0.15, 0.2) is 0 Å². The minimum absolute atomic E-state index is 0.162. The smallest absolute Gasteiger partial charge is 0.341 e. The van der Waals surface area contributed by atoms with Crippen LogP contribution in [0.1, 0.15) is 38.8 Å². The predicted molar refractivity (Wildman–Crippen MR) is 137 cm³/mol. The van der Waals surface area contributed by atoms with Gasteiger partial charge in [-0.1, -0.05) is 60.7 Å². The van der Waals surface area contributed by atoms with Crippen molar-refractivity contribution in [2.75, 3.05) is 13.2 Å². The van der Waals surface area contributed by atoms with Crippen LogP contribution in [0.2, 0.25) is 0 Å². The van der Waals surface area contributed by atoms with Crippen LogP contribution in [0.15, 0.2) is 71.7 Å². The highest BCUT2D eigenvalue weighted by molar-refractivity contribution is 7.16. The molecule has 2 heterocycles. The summed E-state index contributed by atoms with van der Waals surface area (Å²) in [5.41, 5.74) is 3.53. The molecule has 0 atom stereocenters. The number of thiophene rings is 1. The highest BCUT2D eigenvalue weighted by Gasteiger charge is 2.28. The van der Waals surface area contributed by atoms with Crippen LogP contribution in [0.3, 0.4) is 0 Å². The number of hydrogen-bond donors (Lipinski definition) is 1. The SMILES string of the molecule is CCOC(=O)c1c(N=Cc2c(O)ccc3ccccc23)sc2c1CCN(Cc1ccccc1)C2. The first kappa shape index (κ1) is 22.3. The van der Waals surface area contributed by atoms with E-state index in [9.17, 15) is 9.90 Å². The minimum Gasteiger partial charge on any atom is -0.507 e. The summed E-state index contributed by atoms with van der Waals surface area (Å²) >= 11 is 1.54. The standard InChI is InChI=1S/C28H26N2O3S/c1-2-33-28(32)26-22-14-15-30(17-19-8-4-3-5-9-19)18-25(22)34-27(26)29-16-23-21-11-7-6-10-20(21)12-13-24(23)31/h3-13,16,31H,2,14-15,17-18H2,1H3. The van der Waals surface area contributed by atoms with Crippen molar-refractivity contribution in [3.8, 4) is 5.75 Å². The molecule has 1 aromatic heterocycles.